The molecule has 4 rings (SSSR count). The average molecular weight is 461 g/mol. The third-order valence-electron chi connectivity index (χ3n) is 5.80. The molecule has 172 valence electrons. The van der Waals surface area contributed by atoms with Crippen LogP contribution in [0.2, 0.25) is 0 Å². The molecular formula is C22H28N4O5S. The lowest BCUT2D eigenvalue weighted by atomic mass is 10.1. The Morgan fingerprint density at radius 1 is 1.12 bits per heavy atom. The highest BCUT2D eigenvalue weighted by Crippen LogP contribution is 2.41. The molecule has 10 heteroatoms. The standard InChI is InChI=1S/C22H28N4O5S/c1-24-8-10-26(11-9-24)18-15-20-16(14-21(18)32(28,29)25(2)12-13-30-3)22(27)23-17-6-4-5-7-19(17)31-20/h4-7,14-15H,8-13H2,1-3H3,(H,23,27). The van der Waals surface area contributed by atoms with Crippen molar-refractivity contribution < 1.29 is 22.7 Å². The molecule has 32 heavy (non-hydrogen) atoms. The van der Waals surface area contributed by atoms with Crippen LogP contribution < -0.4 is 15.0 Å². The van der Waals surface area contributed by atoms with E-state index in [0.29, 0.717) is 36.0 Å². The van der Waals surface area contributed by atoms with Crippen molar-refractivity contribution in [1.29, 1.82) is 0 Å². The lowest BCUT2D eigenvalue weighted by Gasteiger charge is -2.35. The van der Waals surface area contributed by atoms with Crippen molar-refractivity contribution in [2.24, 2.45) is 0 Å². The van der Waals surface area contributed by atoms with Gasteiger partial charge in [0.05, 0.1) is 23.5 Å². The molecule has 0 aliphatic carbocycles. The lowest BCUT2D eigenvalue weighted by molar-refractivity contribution is 0.102. The monoisotopic (exact) mass is 460 g/mol. The van der Waals surface area contributed by atoms with Gasteiger partial charge in [0.15, 0.2) is 5.75 Å². The minimum atomic E-state index is -3.88. The van der Waals surface area contributed by atoms with Gasteiger partial charge in [-0.25, -0.2) is 8.42 Å². The largest absolute Gasteiger partial charge is 0.454 e. The number of hydrogen-bond donors (Lipinski definition) is 1. The molecule has 2 aromatic rings. The fraction of sp³-hybridized carbons (Fsp3) is 0.409. The maximum absolute atomic E-state index is 13.5. The number of anilines is 2. The summed E-state index contributed by atoms with van der Waals surface area (Å²) in [7, 11) is 1.20. The highest BCUT2D eigenvalue weighted by molar-refractivity contribution is 7.89. The van der Waals surface area contributed by atoms with E-state index in [1.54, 1.807) is 24.3 Å². The fourth-order valence-corrected chi connectivity index (χ4v) is 5.16. The van der Waals surface area contributed by atoms with Gasteiger partial charge in [0, 0.05) is 52.9 Å². The minimum absolute atomic E-state index is 0.0871. The molecule has 0 bridgehead atoms. The Balaban J connectivity index is 1.84. The molecule has 2 heterocycles. The van der Waals surface area contributed by atoms with E-state index in [2.05, 4.69) is 10.2 Å². The molecule has 1 N–H and O–H groups in total. The molecule has 0 atom stereocenters. The number of hydrogen-bond acceptors (Lipinski definition) is 7. The first-order valence-electron chi connectivity index (χ1n) is 10.5. The van der Waals surface area contributed by atoms with Gasteiger partial charge in [-0.15, -0.1) is 0 Å². The molecular weight excluding hydrogens is 432 g/mol. The maximum atomic E-state index is 13.5. The average Bonchev–Trinajstić information content (AvgIpc) is 2.92. The van der Waals surface area contributed by atoms with Crippen molar-refractivity contribution in [2.45, 2.75) is 4.90 Å². The smallest absolute Gasteiger partial charge is 0.259 e. The molecule has 0 aromatic heterocycles. The summed E-state index contributed by atoms with van der Waals surface area (Å²) in [4.78, 5) is 17.3. The molecule has 1 amide bonds. The summed E-state index contributed by atoms with van der Waals surface area (Å²) >= 11 is 0. The first-order chi connectivity index (χ1) is 15.3. The van der Waals surface area contributed by atoms with Crippen LogP contribution in [0.25, 0.3) is 0 Å². The number of likely N-dealkylation sites (N-methyl/N-ethyl adjacent to an activating group) is 2. The number of carbonyl (C=O) groups is 1. The van der Waals surface area contributed by atoms with Gasteiger partial charge in [-0.1, -0.05) is 12.1 Å². The second-order valence-corrected chi connectivity index (χ2v) is 9.99. The van der Waals surface area contributed by atoms with Gasteiger partial charge in [-0.2, -0.15) is 4.31 Å². The number of fused-ring (bicyclic) bond motifs is 2. The number of ether oxygens (including phenoxy) is 2. The van der Waals surface area contributed by atoms with Crippen molar-refractivity contribution in [2.75, 3.05) is 70.8 Å². The van der Waals surface area contributed by atoms with E-state index in [9.17, 15) is 13.2 Å². The molecule has 1 fully saturated rings. The van der Waals surface area contributed by atoms with E-state index in [0.717, 1.165) is 13.1 Å². The van der Waals surface area contributed by atoms with E-state index in [-0.39, 0.29) is 23.6 Å². The Labute approximate surface area is 188 Å². The molecule has 2 aliphatic rings. The number of nitrogens with zero attached hydrogens (tertiary/aromatic N) is 3. The van der Waals surface area contributed by atoms with Crippen LogP contribution in [0.5, 0.6) is 11.5 Å². The van der Waals surface area contributed by atoms with E-state index in [1.807, 2.05) is 18.0 Å². The first-order valence-corrected chi connectivity index (χ1v) is 11.9. The number of amides is 1. The number of sulfonamides is 1. The SMILES string of the molecule is COCCN(C)S(=O)(=O)c1cc2c(cc1N1CCN(C)CC1)Oc1ccccc1NC2=O. The summed E-state index contributed by atoms with van der Waals surface area (Å²) in [6.07, 6.45) is 0. The zero-order valence-corrected chi connectivity index (χ0v) is 19.3. The predicted molar refractivity (Wildman–Crippen MR) is 122 cm³/mol. The van der Waals surface area contributed by atoms with Crippen LogP contribution in [-0.2, 0) is 14.8 Å². The number of piperazine rings is 1. The zero-order chi connectivity index (χ0) is 22.9. The third kappa shape index (κ3) is 4.31. The van der Waals surface area contributed by atoms with Gasteiger partial charge in [-0.05, 0) is 25.2 Å². The number of methoxy groups -OCH3 is 1. The van der Waals surface area contributed by atoms with E-state index in [4.69, 9.17) is 9.47 Å². The van der Waals surface area contributed by atoms with E-state index in [1.165, 1.54) is 24.5 Å². The van der Waals surface area contributed by atoms with Gasteiger partial charge in [-0.3, -0.25) is 4.79 Å². The Kier molecular flexibility index (Phi) is 6.38. The Hall–Kier alpha value is -2.66. The normalized spacial score (nSPS) is 16.8. The molecule has 0 radical (unpaired) electrons. The highest BCUT2D eigenvalue weighted by Gasteiger charge is 2.32. The Morgan fingerprint density at radius 2 is 1.84 bits per heavy atom. The van der Waals surface area contributed by atoms with Crippen molar-refractivity contribution in [3.05, 3.63) is 42.0 Å². The summed E-state index contributed by atoms with van der Waals surface area (Å²) in [6, 6.07) is 10.2. The van der Waals surface area contributed by atoms with Crippen molar-refractivity contribution >= 4 is 27.3 Å². The molecule has 2 aromatic carbocycles. The van der Waals surface area contributed by atoms with Gasteiger partial charge in [0.1, 0.15) is 10.6 Å². The van der Waals surface area contributed by atoms with Gasteiger partial charge in [0.25, 0.3) is 5.91 Å². The summed E-state index contributed by atoms with van der Waals surface area (Å²) in [5, 5.41) is 2.81. The molecule has 9 nitrogen and oxygen atoms in total. The van der Waals surface area contributed by atoms with Crippen LogP contribution in [0.1, 0.15) is 10.4 Å². The van der Waals surface area contributed by atoms with Crippen LogP contribution in [0.15, 0.2) is 41.3 Å². The van der Waals surface area contributed by atoms with Gasteiger partial charge >= 0.3 is 0 Å². The molecule has 2 aliphatic heterocycles. The first kappa shape index (κ1) is 22.5. The van der Waals surface area contributed by atoms with E-state index >= 15 is 0 Å². The van der Waals surface area contributed by atoms with E-state index < -0.39 is 15.9 Å². The third-order valence-corrected chi connectivity index (χ3v) is 7.69. The van der Waals surface area contributed by atoms with Crippen molar-refractivity contribution in [3.63, 3.8) is 0 Å². The number of benzene rings is 2. The number of rotatable bonds is 6. The van der Waals surface area contributed by atoms with Gasteiger partial charge < -0.3 is 24.6 Å². The second-order valence-electron chi connectivity index (χ2n) is 7.98. The zero-order valence-electron chi connectivity index (χ0n) is 18.5. The van der Waals surface area contributed by atoms with Crippen molar-refractivity contribution in [3.8, 4) is 11.5 Å². The minimum Gasteiger partial charge on any atom is -0.454 e. The van der Waals surface area contributed by atoms with Crippen LogP contribution in [0.4, 0.5) is 11.4 Å². The second kappa shape index (κ2) is 9.07. The van der Waals surface area contributed by atoms with Crippen molar-refractivity contribution in [1.82, 2.24) is 9.21 Å². The number of para-hydroxylation sites is 2. The highest BCUT2D eigenvalue weighted by atomic mass is 32.2. The Morgan fingerprint density at radius 3 is 2.56 bits per heavy atom. The van der Waals surface area contributed by atoms with Crippen LogP contribution in [-0.4, -0.2) is 84.1 Å². The number of carbonyl (C=O) groups excluding carboxylic acids is 1. The van der Waals surface area contributed by atoms with Crippen LogP contribution >= 0.6 is 0 Å². The molecule has 0 saturated carbocycles. The number of nitrogens with one attached hydrogen (secondary N) is 1. The van der Waals surface area contributed by atoms with Crippen LogP contribution in [0.3, 0.4) is 0 Å². The molecule has 0 unspecified atom stereocenters. The summed E-state index contributed by atoms with van der Waals surface area (Å²) < 4.78 is 39.4. The molecule has 1 saturated heterocycles. The van der Waals surface area contributed by atoms with Crippen LogP contribution in [0, 0.1) is 0 Å². The quantitative estimate of drug-likeness (QED) is 0.706. The lowest BCUT2D eigenvalue weighted by Crippen LogP contribution is -2.45. The maximum Gasteiger partial charge on any atom is 0.259 e. The van der Waals surface area contributed by atoms with Gasteiger partial charge in [0.2, 0.25) is 10.0 Å². The predicted octanol–water partition coefficient (Wildman–Crippen LogP) is 2.06. The fourth-order valence-electron chi connectivity index (χ4n) is 3.79. The Bertz CT molecular complexity index is 1110. The summed E-state index contributed by atoms with van der Waals surface area (Å²) in [5.41, 5.74) is 1.25. The summed E-state index contributed by atoms with van der Waals surface area (Å²) in [5.74, 6) is 0.433. The molecule has 0 spiro atoms. The topological polar surface area (TPSA) is 91.4 Å². The summed E-state index contributed by atoms with van der Waals surface area (Å²) in [6.45, 7) is 3.42.